The Bertz CT molecular complexity index is 358. The number of nitrogens with two attached hydrogens (primary N) is 2. The summed E-state index contributed by atoms with van der Waals surface area (Å²) in [6.45, 7) is 2.07. The van der Waals surface area contributed by atoms with Crippen molar-refractivity contribution in [1.29, 1.82) is 0 Å². The first kappa shape index (κ1) is 12.3. The summed E-state index contributed by atoms with van der Waals surface area (Å²) in [5.74, 6) is 4.58. The number of hydrogen-bond acceptors (Lipinski definition) is 3. The van der Waals surface area contributed by atoms with Crippen LogP contribution >= 0.6 is 0 Å². The van der Waals surface area contributed by atoms with Crippen LogP contribution in [-0.2, 0) is 9.53 Å². The molecule has 1 fully saturated rings. The summed E-state index contributed by atoms with van der Waals surface area (Å²) in [5.41, 5.74) is 9.04. The van der Waals surface area contributed by atoms with Crippen molar-refractivity contribution >= 4 is 11.9 Å². The molecule has 6 heteroatoms. The van der Waals surface area contributed by atoms with E-state index >= 15 is 0 Å². The van der Waals surface area contributed by atoms with Crippen molar-refractivity contribution in [1.82, 2.24) is 4.90 Å². The molecule has 0 aromatic heterocycles. The largest absolute Gasteiger partial charge is 0.365 e. The van der Waals surface area contributed by atoms with E-state index in [4.69, 9.17) is 16.2 Å². The Morgan fingerprint density at radius 2 is 2.19 bits per heavy atom. The summed E-state index contributed by atoms with van der Waals surface area (Å²) >= 11 is 0. The molecule has 3 amide bonds. The Labute approximate surface area is 93.9 Å². The third-order valence-electron chi connectivity index (χ3n) is 2.54. The van der Waals surface area contributed by atoms with Gasteiger partial charge >= 0.3 is 6.03 Å². The zero-order chi connectivity index (χ0) is 12.2. The first-order chi connectivity index (χ1) is 7.54. The number of urea groups is 1. The van der Waals surface area contributed by atoms with Crippen LogP contribution in [0.4, 0.5) is 4.79 Å². The number of carbonyl (C=O) groups is 2. The number of hydrogen-bond donors (Lipinski definition) is 2. The van der Waals surface area contributed by atoms with Crippen LogP contribution in [0.2, 0.25) is 0 Å². The Kier molecular flexibility index (Phi) is 3.74. The van der Waals surface area contributed by atoms with Crippen molar-refractivity contribution in [2.45, 2.75) is 25.5 Å². The van der Waals surface area contributed by atoms with Gasteiger partial charge in [0.05, 0.1) is 0 Å². The number of amides is 3. The quantitative estimate of drug-likeness (QED) is 0.626. The molecule has 0 radical (unpaired) electrons. The first-order valence-electron chi connectivity index (χ1n) is 4.95. The maximum absolute atomic E-state index is 11.4. The maximum Gasteiger partial charge on any atom is 0.317 e. The monoisotopic (exact) mass is 225 g/mol. The van der Waals surface area contributed by atoms with Gasteiger partial charge in [-0.05, 0) is 13.3 Å². The lowest BCUT2D eigenvalue weighted by Crippen LogP contribution is -2.59. The number of nitrogens with zero attached hydrogens (tertiary/aromatic N) is 1. The Hall–Kier alpha value is -1.74. The molecule has 0 spiro atoms. The van der Waals surface area contributed by atoms with Crippen molar-refractivity contribution in [2.75, 3.05) is 13.2 Å². The summed E-state index contributed by atoms with van der Waals surface area (Å²) in [5, 5.41) is 0. The molecule has 1 rings (SSSR count). The van der Waals surface area contributed by atoms with E-state index in [9.17, 15) is 9.59 Å². The fourth-order valence-corrected chi connectivity index (χ4v) is 1.79. The van der Waals surface area contributed by atoms with Gasteiger partial charge in [-0.15, -0.1) is 5.92 Å². The maximum atomic E-state index is 11.4. The van der Waals surface area contributed by atoms with Crippen LogP contribution in [0.15, 0.2) is 0 Å². The molecule has 4 N–H and O–H groups in total. The Balaban J connectivity index is 2.89. The molecule has 1 atom stereocenters. The fourth-order valence-electron chi connectivity index (χ4n) is 1.79. The predicted octanol–water partition coefficient (Wildman–Crippen LogP) is -0.618. The third-order valence-corrected chi connectivity index (χ3v) is 2.54. The van der Waals surface area contributed by atoms with Crippen LogP contribution in [0.1, 0.15) is 19.8 Å². The lowest BCUT2D eigenvalue weighted by atomic mass is 10.1. The summed E-state index contributed by atoms with van der Waals surface area (Å²) in [6, 6.07) is -0.708. The highest BCUT2D eigenvalue weighted by Crippen LogP contribution is 2.30. The van der Waals surface area contributed by atoms with Gasteiger partial charge < -0.3 is 16.2 Å². The van der Waals surface area contributed by atoms with Crippen LogP contribution in [-0.4, -0.2) is 35.7 Å². The second kappa shape index (κ2) is 4.86. The van der Waals surface area contributed by atoms with E-state index in [1.165, 1.54) is 0 Å². The van der Waals surface area contributed by atoms with Gasteiger partial charge in [0, 0.05) is 13.0 Å². The minimum Gasteiger partial charge on any atom is -0.365 e. The SMILES string of the molecule is CC#CCOC1(C(N)=O)CCCN1C(N)=O. The number of rotatable bonds is 3. The number of ether oxygens (including phenoxy) is 1. The van der Waals surface area contributed by atoms with E-state index in [2.05, 4.69) is 11.8 Å². The molecule has 6 nitrogen and oxygen atoms in total. The van der Waals surface area contributed by atoms with Gasteiger partial charge in [-0.2, -0.15) is 0 Å². The topological polar surface area (TPSA) is 98.7 Å². The van der Waals surface area contributed by atoms with E-state index in [0.29, 0.717) is 19.4 Å². The molecule has 1 aliphatic heterocycles. The van der Waals surface area contributed by atoms with E-state index in [0.717, 1.165) is 4.90 Å². The summed E-state index contributed by atoms with van der Waals surface area (Å²) in [6.07, 6.45) is 0.988. The van der Waals surface area contributed by atoms with Crippen LogP contribution in [0.3, 0.4) is 0 Å². The second-order valence-electron chi connectivity index (χ2n) is 3.46. The average molecular weight is 225 g/mol. The zero-order valence-electron chi connectivity index (χ0n) is 9.16. The molecule has 88 valence electrons. The molecule has 0 aromatic carbocycles. The highest BCUT2D eigenvalue weighted by atomic mass is 16.5. The molecule has 0 saturated carbocycles. The highest BCUT2D eigenvalue weighted by Gasteiger charge is 2.49. The molecule has 1 aliphatic rings. The van der Waals surface area contributed by atoms with Gasteiger partial charge in [0.1, 0.15) is 6.61 Å². The van der Waals surface area contributed by atoms with Crippen molar-refractivity contribution in [2.24, 2.45) is 11.5 Å². The van der Waals surface area contributed by atoms with Gasteiger partial charge in [-0.1, -0.05) is 5.92 Å². The summed E-state index contributed by atoms with van der Waals surface area (Å²) in [7, 11) is 0. The van der Waals surface area contributed by atoms with Gasteiger partial charge in [-0.25, -0.2) is 4.79 Å². The highest BCUT2D eigenvalue weighted by molar-refractivity contribution is 5.88. The van der Waals surface area contributed by atoms with Gasteiger partial charge in [0.2, 0.25) is 5.72 Å². The van der Waals surface area contributed by atoms with Gasteiger partial charge in [0.15, 0.2) is 0 Å². The van der Waals surface area contributed by atoms with Crippen LogP contribution in [0, 0.1) is 11.8 Å². The molecular weight excluding hydrogens is 210 g/mol. The first-order valence-corrected chi connectivity index (χ1v) is 4.95. The Morgan fingerprint density at radius 1 is 1.50 bits per heavy atom. The molecule has 0 aliphatic carbocycles. The molecule has 1 saturated heterocycles. The molecule has 0 bridgehead atoms. The Morgan fingerprint density at radius 3 is 2.69 bits per heavy atom. The van der Waals surface area contributed by atoms with E-state index in [1.54, 1.807) is 6.92 Å². The van der Waals surface area contributed by atoms with E-state index in [-0.39, 0.29) is 6.61 Å². The summed E-state index contributed by atoms with van der Waals surface area (Å²) < 4.78 is 5.34. The molecule has 1 heterocycles. The van der Waals surface area contributed by atoms with E-state index in [1.807, 2.05) is 0 Å². The minimum atomic E-state index is -1.42. The number of likely N-dealkylation sites (tertiary alicyclic amines) is 1. The van der Waals surface area contributed by atoms with Gasteiger partial charge in [-0.3, -0.25) is 9.69 Å². The molecule has 0 aromatic rings. The van der Waals surface area contributed by atoms with Crippen molar-refractivity contribution in [3.05, 3.63) is 0 Å². The third kappa shape index (κ3) is 2.09. The zero-order valence-corrected chi connectivity index (χ0v) is 9.16. The lowest BCUT2D eigenvalue weighted by molar-refractivity contribution is -0.158. The molecular formula is C10H15N3O3. The van der Waals surface area contributed by atoms with Crippen LogP contribution in [0.25, 0.3) is 0 Å². The minimum absolute atomic E-state index is 0.0449. The second-order valence-corrected chi connectivity index (χ2v) is 3.46. The normalized spacial score (nSPS) is 23.7. The predicted molar refractivity (Wildman–Crippen MR) is 56.9 cm³/mol. The van der Waals surface area contributed by atoms with Crippen LogP contribution in [0.5, 0.6) is 0 Å². The number of primary amides is 2. The standard InChI is InChI=1S/C10H15N3O3/c1-2-3-7-16-10(8(11)14)5-4-6-13(10)9(12)15/h4-7H2,1H3,(H2,11,14)(H2,12,15). The molecule has 1 unspecified atom stereocenters. The van der Waals surface area contributed by atoms with Crippen LogP contribution < -0.4 is 11.5 Å². The fraction of sp³-hybridized carbons (Fsp3) is 0.600. The van der Waals surface area contributed by atoms with Crippen molar-refractivity contribution < 1.29 is 14.3 Å². The lowest BCUT2D eigenvalue weighted by Gasteiger charge is -2.33. The summed E-state index contributed by atoms with van der Waals surface area (Å²) in [4.78, 5) is 23.8. The van der Waals surface area contributed by atoms with Crippen molar-refractivity contribution in [3.8, 4) is 11.8 Å². The van der Waals surface area contributed by atoms with E-state index < -0.39 is 17.7 Å². The smallest absolute Gasteiger partial charge is 0.317 e. The van der Waals surface area contributed by atoms with Crippen molar-refractivity contribution in [3.63, 3.8) is 0 Å². The number of carbonyl (C=O) groups excluding carboxylic acids is 2. The van der Waals surface area contributed by atoms with Gasteiger partial charge in [0.25, 0.3) is 5.91 Å². The average Bonchev–Trinajstić information content (AvgIpc) is 2.63. The molecule has 16 heavy (non-hydrogen) atoms.